The minimum atomic E-state index is -0.598. The van der Waals surface area contributed by atoms with Gasteiger partial charge in [-0.15, -0.1) is 5.10 Å². The van der Waals surface area contributed by atoms with Crippen molar-refractivity contribution >= 4 is 29.2 Å². The normalized spacial score (nSPS) is 14.7. The van der Waals surface area contributed by atoms with Gasteiger partial charge in [-0.3, -0.25) is 4.57 Å². The number of nitrogen functional groups attached to an aromatic ring is 1. The van der Waals surface area contributed by atoms with Crippen LogP contribution in [0.5, 0.6) is 0 Å². The van der Waals surface area contributed by atoms with Crippen LogP contribution >= 0.6 is 23.2 Å². The molecule has 0 unspecified atom stereocenters. The highest BCUT2D eigenvalue weighted by Gasteiger charge is 2.31. The van der Waals surface area contributed by atoms with Crippen LogP contribution in [0.3, 0.4) is 0 Å². The Balaban J connectivity index is 1.86. The minimum absolute atomic E-state index is 0.0255. The fourth-order valence-electron chi connectivity index (χ4n) is 4.37. The fourth-order valence-corrected chi connectivity index (χ4v) is 4.72. The first kappa shape index (κ1) is 21.9. The molecule has 0 atom stereocenters. The molecule has 0 radical (unpaired) electrons. The summed E-state index contributed by atoms with van der Waals surface area (Å²) in [4.78, 5) is 4.86. The number of rotatable bonds is 4. The summed E-state index contributed by atoms with van der Waals surface area (Å²) in [5.41, 5.74) is 7.12. The monoisotopic (exact) mass is 489 g/mol. The van der Waals surface area contributed by atoms with Crippen molar-refractivity contribution < 1.29 is 13.2 Å². The maximum atomic E-state index is 15.4. The number of anilines is 1. The lowest BCUT2D eigenvalue weighted by molar-refractivity contribution is 0.425. The predicted octanol–water partition coefficient (Wildman–Crippen LogP) is 6.80. The van der Waals surface area contributed by atoms with E-state index in [0.717, 1.165) is 32.1 Å². The van der Waals surface area contributed by atoms with Crippen LogP contribution in [0.25, 0.3) is 28.5 Å². The van der Waals surface area contributed by atoms with Gasteiger partial charge in [-0.1, -0.05) is 53.6 Å². The summed E-state index contributed by atoms with van der Waals surface area (Å²) >= 11 is 12.2. The third-order valence-corrected chi connectivity index (χ3v) is 6.46. The Bertz CT molecular complexity index is 1330. The van der Waals surface area contributed by atoms with Crippen LogP contribution in [-0.2, 0) is 0 Å². The lowest BCUT2D eigenvalue weighted by atomic mass is 9.88. The van der Waals surface area contributed by atoms with Crippen molar-refractivity contribution in [3.05, 3.63) is 63.9 Å². The summed E-state index contributed by atoms with van der Waals surface area (Å²) in [5, 5.41) is 7.64. The zero-order valence-corrected chi connectivity index (χ0v) is 18.9. The van der Waals surface area contributed by atoms with E-state index in [2.05, 4.69) is 10.2 Å². The van der Waals surface area contributed by atoms with Crippen LogP contribution in [0, 0.1) is 11.6 Å². The third kappa shape index (κ3) is 3.98. The molecule has 0 saturated heterocycles. The molecule has 0 bridgehead atoms. The molecule has 2 heterocycles. The van der Waals surface area contributed by atoms with Gasteiger partial charge in [0.25, 0.3) is 5.89 Å². The molecular formula is C23H19Cl2F2N5O. The zero-order valence-electron chi connectivity index (χ0n) is 17.4. The van der Waals surface area contributed by atoms with Crippen LogP contribution < -0.4 is 5.73 Å². The van der Waals surface area contributed by atoms with Crippen molar-refractivity contribution in [2.45, 2.75) is 38.0 Å². The van der Waals surface area contributed by atoms with E-state index >= 15 is 4.39 Å². The van der Waals surface area contributed by atoms with Crippen molar-refractivity contribution in [3.63, 3.8) is 0 Å². The van der Waals surface area contributed by atoms with E-state index in [1.54, 1.807) is 22.8 Å². The molecule has 0 amide bonds. The number of aromatic nitrogens is 4. The van der Waals surface area contributed by atoms with Crippen molar-refractivity contribution in [1.29, 1.82) is 0 Å². The van der Waals surface area contributed by atoms with E-state index < -0.39 is 11.6 Å². The molecule has 6 nitrogen and oxygen atoms in total. The predicted molar refractivity (Wildman–Crippen MR) is 122 cm³/mol. The van der Waals surface area contributed by atoms with E-state index in [0.29, 0.717) is 22.8 Å². The van der Waals surface area contributed by atoms with Crippen LogP contribution in [-0.4, -0.2) is 19.7 Å². The van der Waals surface area contributed by atoms with Gasteiger partial charge in [0, 0.05) is 11.5 Å². The van der Waals surface area contributed by atoms with Crippen molar-refractivity contribution in [3.8, 4) is 28.5 Å². The highest BCUT2D eigenvalue weighted by Crippen LogP contribution is 2.42. The van der Waals surface area contributed by atoms with Crippen molar-refractivity contribution in [1.82, 2.24) is 19.7 Å². The Morgan fingerprint density at radius 2 is 1.79 bits per heavy atom. The van der Waals surface area contributed by atoms with Crippen LogP contribution in [0.4, 0.5) is 14.8 Å². The van der Waals surface area contributed by atoms with E-state index in [9.17, 15) is 4.39 Å². The average Bonchev–Trinajstić information content (AvgIpc) is 3.42. The van der Waals surface area contributed by atoms with Crippen LogP contribution in [0.15, 0.2) is 40.8 Å². The van der Waals surface area contributed by atoms with Gasteiger partial charge in [0.2, 0.25) is 0 Å². The molecule has 2 aromatic heterocycles. The number of benzene rings is 2. The van der Waals surface area contributed by atoms with E-state index in [1.165, 1.54) is 18.2 Å². The summed E-state index contributed by atoms with van der Waals surface area (Å²) in [6.07, 6.45) is 5.00. The molecule has 10 heteroatoms. The Hall–Kier alpha value is -2.97. The Labute approximate surface area is 198 Å². The number of halogens is 4. The van der Waals surface area contributed by atoms with Gasteiger partial charge in [0.15, 0.2) is 11.5 Å². The third-order valence-electron chi connectivity index (χ3n) is 5.88. The lowest BCUT2D eigenvalue weighted by Crippen LogP contribution is -2.13. The number of hydrogen-bond acceptors (Lipinski definition) is 5. The minimum Gasteiger partial charge on any atom is -0.402 e. The molecular weight excluding hydrogens is 471 g/mol. The fraction of sp³-hybridized carbons (Fsp3) is 0.261. The van der Waals surface area contributed by atoms with E-state index in [-0.39, 0.29) is 33.6 Å². The average molecular weight is 490 g/mol. The van der Waals surface area contributed by atoms with Gasteiger partial charge in [0.05, 0.1) is 21.4 Å². The van der Waals surface area contributed by atoms with Gasteiger partial charge >= 0.3 is 6.01 Å². The van der Waals surface area contributed by atoms with Crippen molar-refractivity contribution in [2.24, 2.45) is 0 Å². The highest BCUT2D eigenvalue weighted by molar-refractivity contribution is 6.31. The molecule has 33 heavy (non-hydrogen) atoms. The number of imidazole rings is 1. The number of nitrogens with two attached hydrogens (primary N) is 1. The molecule has 1 saturated carbocycles. The van der Waals surface area contributed by atoms with Crippen molar-refractivity contribution in [2.75, 3.05) is 5.73 Å². The summed E-state index contributed by atoms with van der Waals surface area (Å²) in [6, 6.07) is 8.88. The standard InChI is InChI=1S/C23H19Cl2F2N5O/c24-14-7-4-8-17(18(14)27)32-20(13-9-10-16(26)15(25)11-13)19(22-30-31-23(28)33-22)29-21(32)12-5-2-1-3-6-12/h4,7-12H,1-3,5-6H2,(H2,28,31). The molecule has 1 aliphatic carbocycles. The van der Waals surface area contributed by atoms with E-state index in [1.807, 2.05) is 0 Å². The Kier molecular flexibility index (Phi) is 5.80. The van der Waals surface area contributed by atoms with Gasteiger partial charge in [-0.2, -0.15) is 0 Å². The summed E-state index contributed by atoms with van der Waals surface area (Å²) < 4.78 is 36.5. The molecule has 170 valence electrons. The van der Waals surface area contributed by atoms with Gasteiger partial charge < -0.3 is 10.2 Å². The first-order valence-electron chi connectivity index (χ1n) is 10.6. The number of hydrogen-bond donors (Lipinski definition) is 1. The molecule has 2 aromatic carbocycles. The SMILES string of the molecule is Nc1nnc(-c2nc(C3CCCCC3)n(-c3cccc(Cl)c3F)c2-c2ccc(F)c(Cl)c2)o1. The zero-order chi connectivity index (χ0) is 23.1. The highest BCUT2D eigenvalue weighted by atomic mass is 35.5. The molecule has 0 aliphatic heterocycles. The molecule has 1 fully saturated rings. The van der Waals surface area contributed by atoms with Gasteiger partial charge in [0.1, 0.15) is 11.6 Å². The largest absolute Gasteiger partial charge is 0.402 e. The maximum Gasteiger partial charge on any atom is 0.313 e. The quantitative estimate of drug-likeness (QED) is 0.340. The van der Waals surface area contributed by atoms with E-state index in [4.69, 9.17) is 38.3 Å². The molecule has 2 N–H and O–H groups in total. The molecule has 4 aromatic rings. The first-order valence-corrected chi connectivity index (χ1v) is 11.3. The smallest absolute Gasteiger partial charge is 0.313 e. The Morgan fingerprint density at radius 1 is 1.00 bits per heavy atom. The Morgan fingerprint density at radius 3 is 2.48 bits per heavy atom. The summed E-state index contributed by atoms with van der Waals surface area (Å²) in [7, 11) is 0. The van der Waals surface area contributed by atoms with Gasteiger partial charge in [-0.05, 0) is 43.2 Å². The van der Waals surface area contributed by atoms with Gasteiger partial charge in [-0.25, -0.2) is 13.8 Å². The second-order valence-corrected chi connectivity index (χ2v) is 8.80. The maximum absolute atomic E-state index is 15.4. The van der Waals surface area contributed by atoms with Crippen LogP contribution in [0.2, 0.25) is 10.0 Å². The lowest BCUT2D eigenvalue weighted by Gasteiger charge is -2.23. The molecule has 1 aliphatic rings. The molecule has 5 rings (SSSR count). The summed E-state index contributed by atoms with van der Waals surface area (Å²) in [5.74, 6) is -0.392. The van der Waals surface area contributed by atoms with Crippen LogP contribution in [0.1, 0.15) is 43.8 Å². The topological polar surface area (TPSA) is 82.8 Å². The number of nitrogens with zero attached hydrogens (tertiary/aromatic N) is 4. The summed E-state index contributed by atoms with van der Waals surface area (Å²) in [6.45, 7) is 0. The second kappa shape index (κ2) is 8.76. The first-order chi connectivity index (χ1) is 15.9. The second-order valence-electron chi connectivity index (χ2n) is 7.98. The molecule has 0 spiro atoms.